The summed E-state index contributed by atoms with van der Waals surface area (Å²) < 4.78 is 6.70. The van der Waals surface area contributed by atoms with E-state index < -0.39 is 11.5 Å². The molecule has 0 fully saturated rings. The quantitative estimate of drug-likeness (QED) is 0.898. The molecule has 0 saturated carbocycles. The average molecular weight is 327 g/mol. The fraction of sp³-hybridized carbons (Fsp3) is 0.556. The zero-order valence-electron chi connectivity index (χ0n) is 8.05. The third-order valence-corrected chi connectivity index (χ3v) is 3.91. The van der Waals surface area contributed by atoms with Crippen LogP contribution in [-0.2, 0) is 0 Å². The summed E-state index contributed by atoms with van der Waals surface area (Å²) in [5, 5.41) is 9.97. The van der Waals surface area contributed by atoms with Crippen LogP contribution in [0.5, 0.6) is 0 Å². The lowest BCUT2D eigenvalue weighted by molar-refractivity contribution is 0.0362. The van der Waals surface area contributed by atoms with Crippen LogP contribution in [0.2, 0.25) is 0 Å². The fourth-order valence-corrected chi connectivity index (χ4v) is 1.60. The normalized spacial score (nSPS) is 14.4. The molecule has 0 aliphatic carbocycles. The van der Waals surface area contributed by atoms with E-state index in [1.165, 1.54) is 0 Å². The van der Waals surface area contributed by atoms with Crippen molar-refractivity contribution >= 4 is 31.9 Å². The van der Waals surface area contributed by atoms with Gasteiger partial charge in [-0.05, 0) is 37.9 Å². The maximum Gasteiger partial charge on any atom is 0.183 e. The molecule has 0 aliphatic rings. The first-order valence-electron chi connectivity index (χ1n) is 4.21. The molecule has 80 valence electrons. The molecule has 1 unspecified atom stereocenters. The molecule has 0 amide bonds. The zero-order valence-corrected chi connectivity index (χ0v) is 11.2. The van der Waals surface area contributed by atoms with Gasteiger partial charge in [0.05, 0.1) is 4.47 Å². The van der Waals surface area contributed by atoms with Crippen molar-refractivity contribution in [2.24, 2.45) is 11.1 Å². The van der Waals surface area contributed by atoms with E-state index in [-0.39, 0.29) is 0 Å². The van der Waals surface area contributed by atoms with E-state index in [1.54, 1.807) is 6.07 Å². The second-order valence-corrected chi connectivity index (χ2v) is 5.44. The van der Waals surface area contributed by atoms with Gasteiger partial charge in [-0.15, -0.1) is 0 Å². The predicted octanol–water partition coefficient (Wildman–Crippen LogP) is 2.82. The Kier molecular flexibility index (Phi) is 3.80. The lowest BCUT2D eigenvalue weighted by atomic mass is 9.85. The number of aliphatic hydroxyl groups excluding tert-OH is 1. The van der Waals surface area contributed by atoms with E-state index in [0.717, 1.165) is 4.47 Å². The van der Waals surface area contributed by atoms with Gasteiger partial charge in [0.2, 0.25) is 0 Å². The highest BCUT2D eigenvalue weighted by atomic mass is 79.9. The van der Waals surface area contributed by atoms with Gasteiger partial charge in [-0.25, -0.2) is 0 Å². The number of halogens is 2. The van der Waals surface area contributed by atoms with Crippen LogP contribution in [0.15, 0.2) is 19.6 Å². The molecule has 1 aromatic rings. The van der Waals surface area contributed by atoms with Gasteiger partial charge in [0.1, 0.15) is 11.9 Å². The third-order valence-electron chi connectivity index (χ3n) is 2.20. The van der Waals surface area contributed by atoms with Gasteiger partial charge in [-0.1, -0.05) is 13.8 Å². The van der Waals surface area contributed by atoms with Crippen molar-refractivity contribution < 1.29 is 9.52 Å². The lowest BCUT2D eigenvalue weighted by Gasteiger charge is -2.27. The SMILES string of the molecule is CC(C)(CN)C(O)c1cc(Br)c(Br)o1. The number of nitrogens with two attached hydrogens (primary N) is 1. The summed E-state index contributed by atoms with van der Waals surface area (Å²) in [4.78, 5) is 0. The van der Waals surface area contributed by atoms with Gasteiger partial charge in [-0.2, -0.15) is 0 Å². The molecule has 0 bridgehead atoms. The summed E-state index contributed by atoms with van der Waals surface area (Å²) in [6.07, 6.45) is -0.699. The lowest BCUT2D eigenvalue weighted by Crippen LogP contribution is -2.30. The molecule has 0 spiro atoms. The average Bonchev–Trinajstić information content (AvgIpc) is 2.45. The zero-order chi connectivity index (χ0) is 10.9. The summed E-state index contributed by atoms with van der Waals surface area (Å²) in [6, 6.07) is 1.74. The number of hydrogen-bond acceptors (Lipinski definition) is 3. The van der Waals surface area contributed by atoms with Crippen molar-refractivity contribution in [1.29, 1.82) is 0 Å². The standard InChI is InChI=1S/C9H13Br2NO2/c1-9(2,4-12)7(13)6-3-5(10)8(11)14-6/h3,7,13H,4,12H2,1-2H3. The van der Waals surface area contributed by atoms with Gasteiger partial charge < -0.3 is 15.3 Å². The minimum atomic E-state index is -0.699. The van der Waals surface area contributed by atoms with Crippen LogP contribution in [0.1, 0.15) is 25.7 Å². The molecule has 1 aromatic heterocycles. The number of hydrogen-bond donors (Lipinski definition) is 2. The molecular weight excluding hydrogens is 314 g/mol. The van der Waals surface area contributed by atoms with E-state index in [9.17, 15) is 5.11 Å². The summed E-state index contributed by atoms with van der Waals surface area (Å²) in [5.74, 6) is 0.513. The number of aliphatic hydroxyl groups is 1. The molecule has 0 saturated heterocycles. The monoisotopic (exact) mass is 325 g/mol. The Morgan fingerprint density at radius 1 is 1.57 bits per heavy atom. The van der Waals surface area contributed by atoms with E-state index in [1.807, 2.05) is 13.8 Å². The summed E-state index contributed by atoms with van der Waals surface area (Å²) in [7, 11) is 0. The molecule has 3 N–H and O–H groups in total. The highest BCUT2D eigenvalue weighted by molar-refractivity contribution is 9.13. The van der Waals surface area contributed by atoms with Gasteiger partial charge in [0, 0.05) is 12.0 Å². The number of furan rings is 1. The highest BCUT2D eigenvalue weighted by Crippen LogP contribution is 2.37. The Morgan fingerprint density at radius 2 is 2.14 bits per heavy atom. The van der Waals surface area contributed by atoms with E-state index in [4.69, 9.17) is 10.2 Å². The van der Waals surface area contributed by atoms with Crippen LogP contribution in [0, 0.1) is 5.41 Å². The molecule has 0 aliphatic heterocycles. The van der Waals surface area contributed by atoms with Crippen molar-refractivity contribution in [3.63, 3.8) is 0 Å². The second kappa shape index (κ2) is 4.35. The van der Waals surface area contributed by atoms with Crippen molar-refractivity contribution in [3.8, 4) is 0 Å². The molecule has 1 rings (SSSR count). The first-order valence-corrected chi connectivity index (χ1v) is 5.80. The molecule has 14 heavy (non-hydrogen) atoms. The molecule has 0 radical (unpaired) electrons. The predicted molar refractivity (Wildman–Crippen MR) is 61.9 cm³/mol. The topological polar surface area (TPSA) is 59.4 Å². The van der Waals surface area contributed by atoms with E-state index in [2.05, 4.69) is 31.9 Å². The van der Waals surface area contributed by atoms with E-state index >= 15 is 0 Å². The van der Waals surface area contributed by atoms with Crippen LogP contribution < -0.4 is 5.73 Å². The van der Waals surface area contributed by atoms with Gasteiger partial charge in [0.15, 0.2) is 4.67 Å². The smallest absolute Gasteiger partial charge is 0.183 e. The Morgan fingerprint density at radius 3 is 2.50 bits per heavy atom. The van der Waals surface area contributed by atoms with Gasteiger partial charge in [-0.3, -0.25) is 0 Å². The Bertz CT molecular complexity index is 303. The molecule has 1 atom stereocenters. The first kappa shape index (κ1) is 12.2. The highest BCUT2D eigenvalue weighted by Gasteiger charge is 2.30. The maximum absolute atomic E-state index is 9.97. The largest absolute Gasteiger partial charge is 0.450 e. The van der Waals surface area contributed by atoms with Crippen LogP contribution >= 0.6 is 31.9 Å². The minimum absolute atomic E-state index is 0.392. The molecular formula is C9H13Br2NO2. The first-order chi connectivity index (χ1) is 6.38. The molecule has 5 heteroatoms. The van der Waals surface area contributed by atoms with Crippen molar-refractivity contribution in [2.45, 2.75) is 20.0 Å². The Hall–Kier alpha value is 0.160. The van der Waals surface area contributed by atoms with Crippen molar-refractivity contribution in [1.82, 2.24) is 0 Å². The van der Waals surface area contributed by atoms with Gasteiger partial charge in [0.25, 0.3) is 0 Å². The molecule has 3 nitrogen and oxygen atoms in total. The Balaban J connectivity index is 2.94. The summed E-state index contributed by atoms with van der Waals surface area (Å²) in [6.45, 7) is 4.17. The maximum atomic E-state index is 9.97. The molecule has 1 heterocycles. The van der Waals surface area contributed by atoms with E-state index in [0.29, 0.717) is 17.0 Å². The van der Waals surface area contributed by atoms with Crippen molar-refractivity contribution in [3.05, 3.63) is 21.0 Å². The van der Waals surface area contributed by atoms with Crippen LogP contribution in [0.3, 0.4) is 0 Å². The van der Waals surface area contributed by atoms with Crippen LogP contribution in [0.25, 0.3) is 0 Å². The molecule has 0 aromatic carbocycles. The summed E-state index contributed by atoms with van der Waals surface area (Å²) >= 11 is 6.51. The third kappa shape index (κ3) is 2.39. The minimum Gasteiger partial charge on any atom is -0.450 e. The van der Waals surface area contributed by atoms with Crippen LogP contribution in [0.4, 0.5) is 0 Å². The van der Waals surface area contributed by atoms with Gasteiger partial charge >= 0.3 is 0 Å². The number of rotatable bonds is 3. The van der Waals surface area contributed by atoms with Crippen molar-refractivity contribution in [2.75, 3.05) is 6.54 Å². The fourth-order valence-electron chi connectivity index (χ4n) is 0.995. The van der Waals surface area contributed by atoms with Crippen LogP contribution in [-0.4, -0.2) is 11.7 Å². The second-order valence-electron chi connectivity index (χ2n) is 3.87. The Labute approximate surface area is 99.9 Å². The summed E-state index contributed by atoms with van der Waals surface area (Å²) in [5.41, 5.74) is 5.17.